The van der Waals surface area contributed by atoms with Gasteiger partial charge in [-0.05, 0) is 74.2 Å². The maximum atomic E-state index is 15.2. The Kier molecular flexibility index (Phi) is 6.94. The molecule has 1 spiro atoms. The maximum Gasteiger partial charge on any atom is 0.420 e. The van der Waals surface area contributed by atoms with Crippen molar-refractivity contribution in [2.24, 2.45) is 0 Å². The summed E-state index contributed by atoms with van der Waals surface area (Å²) in [5.41, 5.74) is -4.15. The molecule has 194 valence electrons. The van der Waals surface area contributed by atoms with Gasteiger partial charge in [-0.25, -0.2) is 8.78 Å². The number of anilines is 2. The van der Waals surface area contributed by atoms with Gasteiger partial charge >= 0.3 is 6.18 Å². The summed E-state index contributed by atoms with van der Waals surface area (Å²) in [5, 5.41) is 11.2. The van der Waals surface area contributed by atoms with Crippen LogP contribution in [-0.4, -0.2) is 29.5 Å². The molecule has 2 aliphatic rings. The predicted octanol–water partition coefficient (Wildman–Crippen LogP) is 4.98. The Bertz CT molecular complexity index is 1330. The van der Waals surface area contributed by atoms with E-state index in [9.17, 15) is 27.2 Å². The molecule has 37 heavy (non-hydrogen) atoms. The molecule has 1 aliphatic heterocycles. The van der Waals surface area contributed by atoms with Crippen molar-refractivity contribution < 1.29 is 31.5 Å². The van der Waals surface area contributed by atoms with Crippen molar-refractivity contribution >= 4 is 40.5 Å². The van der Waals surface area contributed by atoms with Gasteiger partial charge in [-0.3, -0.25) is 14.5 Å². The molecule has 0 aromatic heterocycles. The van der Waals surface area contributed by atoms with Gasteiger partial charge in [-0.15, -0.1) is 0 Å². The van der Waals surface area contributed by atoms with Gasteiger partial charge in [-0.1, -0.05) is 6.07 Å². The Morgan fingerprint density at radius 3 is 2.46 bits per heavy atom. The Balaban J connectivity index is 1.71. The second-order valence-electron chi connectivity index (χ2n) is 8.88. The number of nitriles is 1. The van der Waals surface area contributed by atoms with Crippen molar-refractivity contribution in [2.45, 2.75) is 50.2 Å². The molecule has 0 bridgehead atoms. The average Bonchev–Trinajstić information content (AvgIpc) is 3.05. The zero-order valence-electron chi connectivity index (χ0n) is 19.6. The van der Waals surface area contributed by atoms with Crippen LogP contribution in [0.2, 0.25) is 0 Å². The van der Waals surface area contributed by atoms with Gasteiger partial charge in [0, 0.05) is 19.2 Å². The number of hydrogen-bond donors (Lipinski definition) is 1. The zero-order valence-corrected chi connectivity index (χ0v) is 20.4. The van der Waals surface area contributed by atoms with Crippen molar-refractivity contribution in [3.8, 4) is 6.07 Å². The third kappa shape index (κ3) is 4.41. The summed E-state index contributed by atoms with van der Waals surface area (Å²) in [6.45, 7) is 0. The van der Waals surface area contributed by atoms with E-state index in [4.69, 9.17) is 17.5 Å². The highest BCUT2D eigenvalue weighted by atomic mass is 32.1. The number of rotatable bonds is 6. The normalized spacial score (nSPS) is 16.7. The number of aryl methyl sites for hydroxylation is 1. The molecular formula is C25H21F5N4O2S. The number of hydrogen-bond acceptors (Lipinski definition) is 4. The number of carbonyl (C=O) groups excluding carboxylic acids is 2. The number of halogens is 5. The van der Waals surface area contributed by atoms with E-state index < -0.39 is 46.1 Å². The molecule has 2 aromatic carbocycles. The van der Waals surface area contributed by atoms with Gasteiger partial charge < -0.3 is 10.2 Å². The highest BCUT2D eigenvalue weighted by molar-refractivity contribution is 7.81. The summed E-state index contributed by atoms with van der Waals surface area (Å²) in [7, 11) is 1.51. The van der Waals surface area contributed by atoms with Crippen molar-refractivity contribution in [1.29, 1.82) is 5.26 Å². The van der Waals surface area contributed by atoms with Crippen molar-refractivity contribution in [1.82, 2.24) is 5.32 Å². The third-order valence-electron chi connectivity index (χ3n) is 6.78. The molecular weight excluding hydrogens is 515 g/mol. The van der Waals surface area contributed by atoms with Crippen LogP contribution in [0, 0.1) is 23.0 Å². The first-order chi connectivity index (χ1) is 17.5. The molecule has 6 nitrogen and oxygen atoms in total. The van der Waals surface area contributed by atoms with Crippen LogP contribution in [0.1, 0.15) is 48.8 Å². The molecule has 2 fully saturated rings. The summed E-state index contributed by atoms with van der Waals surface area (Å²) < 4.78 is 70.9. The summed E-state index contributed by atoms with van der Waals surface area (Å²) in [4.78, 5) is 27.0. The fourth-order valence-electron chi connectivity index (χ4n) is 4.74. The SMILES string of the molecule is CNC(=O)CCCc1ccc(N2C(=S)N(c3ccc(C#N)c(C(F)(F)F)c3F)C(=O)C23CCC3)cc1F. The van der Waals surface area contributed by atoms with E-state index >= 15 is 4.39 Å². The van der Waals surface area contributed by atoms with Crippen LogP contribution in [0.4, 0.5) is 33.3 Å². The Hall–Kier alpha value is -3.59. The highest BCUT2D eigenvalue weighted by Crippen LogP contribution is 2.49. The van der Waals surface area contributed by atoms with E-state index in [-0.39, 0.29) is 29.5 Å². The van der Waals surface area contributed by atoms with Gasteiger partial charge in [0.15, 0.2) is 10.9 Å². The number of amides is 2. The van der Waals surface area contributed by atoms with Gasteiger partial charge in [0.1, 0.15) is 16.9 Å². The molecule has 1 saturated heterocycles. The number of thiocarbonyl (C=S) groups is 1. The van der Waals surface area contributed by atoms with Gasteiger partial charge in [0.05, 0.1) is 17.3 Å². The van der Waals surface area contributed by atoms with E-state index in [0.29, 0.717) is 36.1 Å². The van der Waals surface area contributed by atoms with E-state index in [1.54, 1.807) is 0 Å². The van der Waals surface area contributed by atoms with Crippen LogP contribution in [0.15, 0.2) is 30.3 Å². The Morgan fingerprint density at radius 1 is 1.22 bits per heavy atom. The lowest BCUT2D eigenvalue weighted by Gasteiger charge is -2.43. The largest absolute Gasteiger partial charge is 0.420 e. The van der Waals surface area contributed by atoms with E-state index in [1.165, 1.54) is 36.2 Å². The lowest BCUT2D eigenvalue weighted by Crippen LogP contribution is -2.55. The van der Waals surface area contributed by atoms with Crippen molar-refractivity contribution in [3.05, 3.63) is 58.7 Å². The Morgan fingerprint density at radius 2 is 1.92 bits per heavy atom. The summed E-state index contributed by atoms with van der Waals surface area (Å²) in [6, 6.07) is 7.24. The fourth-order valence-corrected chi connectivity index (χ4v) is 5.20. The molecule has 12 heteroatoms. The van der Waals surface area contributed by atoms with Crippen LogP contribution < -0.4 is 15.1 Å². The fraction of sp³-hybridized carbons (Fsp3) is 0.360. The molecule has 2 amide bonds. The standard InChI is InChI=1S/C25H21F5N4O2S/c1-32-19(35)5-2-4-14-6-8-16(12-17(14)26)34-23(37)33(22(36)24(34)10-3-11-24)18-9-7-15(13-31)20(21(18)27)25(28,29)30/h6-9,12H,2-5,10-11H2,1H3,(H,32,35). The number of alkyl halides is 3. The van der Waals surface area contributed by atoms with E-state index in [0.717, 1.165) is 12.1 Å². The first-order valence-electron chi connectivity index (χ1n) is 11.4. The summed E-state index contributed by atoms with van der Waals surface area (Å²) in [5.74, 6) is -3.26. The van der Waals surface area contributed by atoms with Crippen molar-refractivity contribution in [3.63, 3.8) is 0 Å². The topological polar surface area (TPSA) is 76.4 Å². The van der Waals surface area contributed by atoms with Gasteiger partial charge in [0.25, 0.3) is 5.91 Å². The van der Waals surface area contributed by atoms with Crippen LogP contribution in [0.5, 0.6) is 0 Å². The number of nitrogens with one attached hydrogen (secondary N) is 1. The van der Waals surface area contributed by atoms with E-state index in [1.807, 2.05) is 0 Å². The monoisotopic (exact) mass is 536 g/mol. The Labute approximate surface area is 214 Å². The average molecular weight is 537 g/mol. The number of nitrogens with zero attached hydrogens (tertiary/aromatic N) is 3. The number of benzene rings is 2. The van der Waals surface area contributed by atoms with Crippen LogP contribution in [0.25, 0.3) is 0 Å². The quantitative estimate of drug-likeness (QED) is 0.416. The highest BCUT2D eigenvalue weighted by Gasteiger charge is 2.60. The summed E-state index contributed by atoms with van der Waals surface area (Å²) >= 11 is 5.45. The molecule has 0 unspecified atom stereocenters. The molecule has 4 rings (SSSR count). The first-order valence-corrected chi connectivity index (χ1v) is 11.8. The molecule has 0 atom stereocenters. The van der Waals surface area contributed by atoms with Crippen LogP contribution in [0.3, 0.4) is 0 Å². The molecule has 0 radical (unpaired) electrons. The first kappa shape index (κ1) is 26.5. The molecule has 2 aromatic rings. The third-order valence-corrected chi connectivity index (χ3v) is 7.15. The molecule has 1 saturated carbocycles. The second-order valence-corrected chi connectivity index (χ2v) is 9.24. The smallest absolute Gasteiger partial charge is 0.359 e. The second kappa shape index (κ2) is 9.70. The maximum absolute atomic E-state index is 15.2. The predicted molar refractivity (Wildman–Crippen MR) is 129 cm³/mol. The molecule has 1 heterocycles. The minimum atomic E-state index is -5.18. The van der Waals surface area contributed by atoms with Gasteiger partial charge in [-0.2, -0.15) is 18.4 Å². The van der Waals surface area contributed by atoms with E-state index in [2.05, 4.69) is 5.32 Å². The van der Waals surface area contributed by atoms with Crippen molar-refractivity contribution in [2.75, 3.05) is 16.8 Å². The minimum absolute atomic E-state index is 0.173. The minimum Gasteiger partial charge on any atom is -0.359 e. The van der Waals surface area contributed by atoms with Gasteiger partial charge in [0.2, 0.25) is 5.91 Å². The van der Waals surface area contributed by atoms with Crippen LogP contribution in [-0.2, 0) is 22.2 Å². The molecule has 1 aliphatic carbocycles. The number of carbonyl (C=O) groups is 2. The summed E-state index contributed by atoms with van der Waals surface area (Å²) in [6.07, 6.45) is -3.06. The molecule has 1 N–H and O–H groups in total. The lowest BCUT2D eigenvalue weighted by molar-refractivity contribution is -0.140. The van der Waals surface area contributed by atoms with Crippen LogP contribution >= 0.6 is 12.2 Å². The zero-order chi connectivity index (χ0) is 27.1. The lowest BCUT2D eigenvalue weighted by atomic mass is 9.75.